The number of aromatic amines is 1. The Kier molecular flexibility index (Phi) is 4.12. The molecule has 5 nitrogen and oxygen atoms in total. The summed E-state index contributed by atoms with van der Waals surface area (Å²) in [6.45, 7) is 1.31. The minimum absolute atomic E-state index is 0.374. The Morgan fingerprint density at radius 3 is 2.81 bits per heavy atom. The molecule has 3 atom stereocenters. The highest BCUT2D eigenvalue weighted by atomic mass is 32.2. The summed E-state index contributed by atoms with van der Waals surface area (Å²) in [5.41, 5.74) is 0.893. The largest absolute Gasteiger partial charge is 0.363 e. The maximum atomic E-state index is 12.6. The van der Waals surface area contributed by atoms with Crippen LogP contribution >= 0.6 is 0 Å². The second-order valence-electron chi connectivity index (χ2n) is 6.61. The third-order valence-electron chi connectivity index (χ3n) is 5.17. The fraction of sp³-hybridized carbons (Fsp3) is 0.733. The summed E-state index contributed by atoms with van der Waals surface area (Å²) >= 11 is 0. The molecule has 1 heterocycles. The van der Waals surface area contributed by atoms with Gasteiger partial charge in [-0.05, 0) is 50.1 Å². The molecular weight excluding hydrogens is 286 g/mol. The smallest absolute Gasteiger partial charge is 0.244 e. The number of aromatic nitrogens is 1. The Bertz CT molecular complexity index is 596. The zero-order valence-electron chi connectivity index (χ0n) is 12.8. The van der Waals surface area contributed by atoms with Gasteiger partial charge in [0.2, 0.25) is 10.0 Å². The van der Waals surface area contributed by atoms with Crippen molar-refractivity contribution >= 4 is 10.0 Å². The zero-order chi connectivity index (χ0) is 15.0. The maximum Gasteiger partial charge on any atom is 0.244 e. The lowest BCUT2D eigenvalue weighted by Gasteiger charge is -2.26. The van der Waals surface area contributed by atoms with Crippen LogP contribution in [0.5, 0.6) is 0 Å². The summed E-state index contributed by atoms with van der Waals surface area (Å²) in [6.07, 6.45) is 6.76. The second-order valence-corrected chi connectivity index (χ2v) is 8.66. The molecule has 118 valence electrons. The Morgan fingerprint density at radius 2 is 2.19 bits per heavy atom. The first-order chi connectivity index (χ1) is 10.0. The van der Waals surface area contributed by atoms with Gasteiger partial charge in [0.15, 0.2) is 0 Å². The van der Waals surface area contributed by atoms with Gasteiger partial charge in [0, 0.05) is 32.0 Å². The lowest BCUT2D eigenvalue weighted by molar-refractivity contribution is 0.280. The third-order valence-corrected chi connectivity index (χ3v) is 6.97. The van der Waals surface area contributed by atoms with Crippen LogP contribution in [0.25, 0.3) is 0 Å². The Morgan fingerprint density at radius 1 is 1.38 bits per heavy atom. The van der Waals surface area contributed by atoms with Crippen molar-refractivity contribution in [3.05, 3.63) is 18.0 Å². The normalized spacial score (nSPS) is 28.6. The highest BCUT2D eigenvalue weighted by Crippen LogP contribution is 2.48. The molecule has 0 radical (unpaired) electrons. The lowest BCUT2D eigenvalue weighted by atomic mass is 9.89. The van der Waals surface area contributed by atoms with Gasteiger partial charge in [0.05, 0.1) is 4.90 Å². The Hall–Kier alpha value is -0.850. The van der Waals surface area contributed by atoms with E-state index in [4.69, 9.17) is 0 Å². The van der Waals surface area contributed by atoms with Crippen LogP contribution in [0, 0.1) is 17.8 Å². The van der Waals surface area contributed by atoms with Crippen LogP contribution in [-0.2, 0) is 16.6 Å². The molecule has 3 unspecified atom stereocenters. The van der Waals surface area contributed by atoms with Crippen LogP contribution in [0.15, 0.2) is 17.2 Å². The number of hydrogen-bond donors (Lipinski definition) is 2. The number of rotatable bonds is 6. The minimum Gasteiger partial charge on any atom is -0.363 e. The molecule has 6 heteroatoms. The van der Waals surface area contributed by atoms with Crippen molar-refractivity contribution in [2.24, 2.45) is 17.8 Å². The first-order valence-electron chi connectivity index (χ1n) is 7.79. The average molecular weight is 311 g/mol. The average Bonchev–Trinajstić information content (AvgIpc) is 3.14. The van der Waals surface area contributed by atoms with E-state index in [1.54, 1.807) is 23.6 Å². The first-order valence-corrected chi connectivity index (χ1v) is 9.23. The zero-order valence-corrected chi connectivity index (χ0v) is 13.6. The van der Waals surface area contributed by atoms with Crippen molar-refractivity contribution in [1.82, 2.24) is 14.6 Å². The Labute approximate surface area is 127 Å². The van der Waals surface area contributed by atoms with Crippen molar-refractivity contribution in [2.75, 3.05) is 20.6 Å². The van der Waals surface area contributed by atoms with Crippen molar-refractivity contribution in [2.45, 2.75) is 37.1 Å². The second kappa shape index (κ2) is 5.74. The van der Waals surface area contributed by atoms with E-state index in [1.165, 1.54) is 25.7 Å². The molecule has 2 fully saturated rings. The molecule has 0 saturated heterocycles. The number of hydrogen-bond acceptors (Lipinski definition) is 3. The molecule has 3 rings (SSSR count). The lowest BCUT2D eigenvalue weighted by Crippen LogP contribution is -2.33. The topological polar surface area (TPSA) is 65.2 Å². The van der Waals surface area contributed by atoms with Crippen LogP contribution < -0.4 is 5.32 Å². The van der Waals surface area contributed by atoms with Crippen molar-refractivity contribution in [3.63, 3.8) is 0 Å². The molecule has 2 aliphatic carbocycles. The van der Waals surface area contributed by atoms with Crippen molar-refractivity contribution < 1.29 is 8.42 Å². The van der Waals surface area contributed by atoms with E-state index >= 15 is 0 Å². The summed E-state index contributed by atoms with van der Waals surface area (Å²) in [5, 5.41) is 3.02. The van der Waals surface area contributed by atoms with Crippen molar-refractivity contribution in [1.29, 1.82) is 0 Å². The quantitative estimate of drug-likeness (QED) is 0.842. The number of nitrogens with zero attached hydrogens (tertiary/aromatic N) is 1. The van der Waals surface area contributed by atoms with Crippen LogP contribution in [0.2, 0.25) is 0 Å². The minimum atomic E-state index is -3.37. The molecule has 2 N–H and O–H groups in total. The first kappa shape index (κ1) is 15.1. The standard InChI is InChI=1S/C15H25N3O2S/c1-16-8-14-7-15(9-17-14)21(19,20)18(2)10-13-6-11-3-4-12(13)5-11/h7,9,11-13,16-17H,3-6,8,10H2,1-2H3. The van der Waals surface area contributed by atoms with Gasteiger partial charge in [-0.15, -0.1) is 0 Å². The molecule has 0 aromatic carbocycles. The number of fused-ring (bicyclic) bond motifs is 2. The van der Waals surface area contributed by atoms with Gasteiger partial charge in [-0.3, -0.25) is 0 Å². The van der Waals surface area contributed by atoms with E-state index < -0.39 is 10.0 Å². The molecule has 2 saturated carbocycles. The van der Waals surface area contributed by atoms with E-state index in [-0.39, 0.29) is 0 Å². The van der Waals surface area contributed by atoms with Gasteiger partial charge in [0.25, 0.3) is 0 Å². The van der Waals surface area contributed by atoms with Gasteiger partial charge in [-0.1, -0.05) is 6.42 Å². The highest BCUT2D eigenvalue weighted by Gasteiger charge is 2.40. The molecule has 2 aliphatic rings. The fourth-order valence-corrected chi connectivity index (χ4v) is 5.32. The summed E-state index contributed by atoms with van der Waals surface area (Å²) < 4.78 is 26.8. The monoisotopic (exact) mass is 311 g/mol. The molecule has 1 aromatic rings. The Balaban J connectivity index is 1.68. The maximum absolute atomic E-state index is 12.6. The summed E-state index contributed by atoms with van der Waals surface area (Å²) in [4.78, 5) is 3.39. The fourth-order valence-electron chi connectivity index (χ4n) is 4.07. The van der Waals surface area contributed by atoms with Gasteiger partial charge in [0.1, 0.15) is 0 Å². The molecular formula is C15H25N3O2S. The molecule has 21 heavy (non-hydrogen) atoms. The van der Waals surface area contributed by atoms with Gasteiger partial charge < -0.3 is 10.3 Å². The van der Waals surface area contributed by atoms with E-state index in [0.29, 0.717) is 23.9 Å². The number of H-pyrrole nitrogens is 1. The molecule has 1 aromatic heterocycles. The van der Waals surface area contributed by atoms with E-state index in [2.05, 4.69) is 10.3 Å². The van der Waals surface area contributed by atoms with Crippen molar-refractivity contribution in [3.8, 4) is 0 Å². The SMILES string of the molecule is CNCc1cc(S(=O)(=O)N(C)CC2CC3CCC2C3)c[nH]1. The molecule has 0 amide bonds. The molecule has 2 bridgehead atoms. The van der Waals surface area contributed by atoms with Crippen LogP contribution in [-0.4, -0.2) is 38.3 Å². The van der Waals surface area contributed by atoms with Gasteiger partial charge in [-0.2, -0.15) is 0 Å². The van der Waals surface area contributed by atoms with Crippen LogP contribution in [0.1, 0.15) is 31.4 Å². The van der Waals surface area contributed by atoms with Gasteiger partial charge in [-0.25, -0.2) is 12.7 Å². The summed E-state index contributed by atoms with van der Waals surface area (Å²) in [7, 11) is 0.191. The van der Waals surface area contributed by atoms with Crippen LogP contribution in [0.4, 0.5) is 0 Å². The van der Waals surface area contributed by atoms with E-state index in [0.717, 1.165) is 17.5 Å². The van der Waals surface area contributed by atoms with Gasteiger partial charge >= 0.3 is 0 Å². The molecule has 0 spiro atoms. The summed E-state index contributed by atoms with van der Waals surface area (Å²) in [5.74, 6) is 2.16. The molecule has 0 aliphatic heterocycles. The highest BCUT2D eigenvalue weighted by molar-refractivity contribution is 7.89. The predicted molar refractivity (Wildman–Crippen MR) is 82.3 cm³/mol. The summed E-state index contributed by atoms with van der Waals surface area (Å²) in [6, 6.07) is 1.73. The number of nitrogens with one attached hydrogen (secondary N) is 2. The third kappa shape index (κ3) is 2.89. The predicted octanol–water partition coefficient (Wildman–Crippen LogP) is 1.79. The van der Waals surface area contributed by atoms with E-state index in [1.807, 2.05) is 7.05 Å². The number of sulfonamides is 1. The van der Waals surface area contributed by atoms with Crippen LogP contribution in [0.3, 0.4) is 0 Å². The van der Waals surface area contributed by atoms with E-state index in [9.17, 15) is 8.42 Å².